The van der Waals surface area contributed by atoms with Crippen LogP contribution in [0.2, 0.25) is 26.7 Å². The molecule has 2 aliphatic carbocycles. The molecule has 8 rings (SSSR count). The van der Waals surface area contributed by atoms with Gasteiger partial charge in [-0.15, -0.1) is 0 Å². The van der Waals surface area contributed by atoms with E-state index >= 15 is 0 Å². The molecule has 2 aliphatic rings. The number of ether oxygens (including phenoxy) is 4. The molecular weight excluding hydrogens is 924 g/mol. The van der Waals surface area contributed by atoms with E-state index in [0.717, 1.165) is 94.5 Å². The van der Waals surface area contributed by atoms with Crippen LogP contribution < -0.4 is 15.3 Å². The molecule has 6 aromatic rings. The van der Waals surface area contributed by atoms with Crippen molar-refractivity contribution in [3.63, 3.8) is 0 Å². The highest BCUT2D eigenvalue weighted by Gasteiger charge is 2.47. The van der Waals surface area contributed by atoms with E-state index in [2.05, 4.69) is 87.0 Å². The molecule has 2 saturated carbocycles. The van der Waals surface area contributed by atoms with Gasteiger partial charge in [-0.1, -0.05) is 116 Å². The smallest absolute Gasteiger partial charge is 0.171 e. The minimum Gasteiger partial charge on any atom is -0.497 e. The molecule has 6 unspecified atom stereocenters. The lowest BCUT2D eigenvalue weighted by Gasteiger charge is -2.44. The van der Waals surface area contributed by atoms with Crippen molar-refractivity contribution in [2.24, 2.45) is 34.6 Å². The largest absolute Gasteiger partial charge is 0.497 e. The monoisotopic (exact) mass is 994 g/mol. The van der Waals surface area contributed by atoms with Gasteiger partial charge in [-0.2, -0.15) is 5.10 Å². The van der Waals surface area contributed by atoms with Gasteiger partial charge in [0.15, 0.2) is 14.0 Å². The Hall–Kier alpha value is -4.72. The molecule has 0 amide bonds. The zero-order valence-corrected chi connectivity index (χ0v) is 44.6. The number of hydrogen-bond donors (Lipinski definition) is 2. The van der Waals surface area contributed by atoms with Crippen LogP contribution in [0.5, 0.6) is 11.5 Å². The summed E-state index contributed by atoms with van der Waals surface area (Å²) in [5, 5.41) is 7.09. The van der Waals surface area contributed by atoms with Crippen molar-refractivity contribution < 1.29 is 23.7 Å². The topological polar surface area (TPSA) is 139 Å². The summed E-state index contributed by atoms with van der Waals surface area (Å²) < 4.78 is 25.5. The summed E-state index contributed by atoms with van der Waals surface area (Å²) in [5.41, 5.74) is 7.85. The molecule has 14 heteroatoms. The Bertz CT molecular complexity index is 2660. The van der Waals surface area contributed by atoms with Gasteiger partial charge in [0.1, 0.15) is 22.8 Å². The van der Waals surface area contributed by atoms with Crippen LogP contribution in [0.4, 0.5) is 0 Å². The normalized spacial score (nSPS) is 20.9. The highest BCUT2D eigenvalue weighted by Crippen LogP contribution is 2.46. The first-order chi connectivity index (χ1) is 33.2. The standard InChI is InChI=1S/C32H45ClN2O3Si.C23H27ClN4O2/c1-9-24-16-26(38-19-23-10-12-25(37-8)13-11-23)17-28(24)31(36)30-27-14-15-35(32(27)34-18-29(30)33)39(20(2)3,21(4)5)22(6)7;1-3-15-10-17(30-13-14-4-6-16(29-2)7-5-14)11-19(15)22(28-25)21-18-8-9-26-23(18)27-12-20(21)24/h10-15,18,20-22,24,26,28H,9,16-17,19H2,1-8H3;4-9,12,15,17,19H,3,10-11,13,25H2,1-2H3,(H,26,27). The van der Waals surface area contributed by atoms with Crippen LogP contribution >= 0.6 is 23.2 Å². The molecule has 2 aromatic carbocycles. The summed E-state index contributed by atoms with van der Waals surface area (Å²) in [6.45, 7) is 19.5. The number of halogens is 2. The molecule has 0 bridgehead atoms. The van der Waals surface area contributed by atoms with Gasteiger partial charge < -0.3 is 34.0 Å². The number of ketones is 1. The van der Waals surface area contributed by atoms with Crippen LogP contribution in [0.1, 0.15) is 121 Å². The molecule has 0 radical (unpaired) electrons. The minimum absolute atomic E-state index is 0.0505. The van der Waals surface area contributed by atoms with E-state index in [4.69, 9.17) is 53.0 Å². The van der Waals surface area contributed by atoms with E-state index in [1.165, 1.54) is 0 Å². The van der Waals surface area contributed by atoms with E-state index in [0.29, 0.717) is 51.4 Å². The number of fused-ring (bicyclic) bond motifs is 2. The van der Waals surface area contributed by atoms with Gasteiger partial charge in [-0.05, 0) is 108 Å². The van der Waals surface area contributed by atoms with E-state index < -0.39 is 8.24 Å². The molecule has 0 aliphatic heterocycles. The van der Waals surface area contributed by atoms with Gasteiger partial charge in [-0.25, -0.2) is 9.97 Å². The van der Waals surface area contributed by atoms with Crippen molar-refractivity contribution in [2.75, 3.05) is 14.2 Å². The molecular formula is C55H72Cl2N6O5Si. The highest BCUT2D eigenvalue weighted by molar-refractivity contribution is 6.82. The predicted molar refractivity (Wildman–Crippen MR) is 283 cm³/mol. The third kappa shape index (κ3) is 10.8. The molecule has 11 nitrogen and oxygen atoms in total. The molecule has 0 saturated heterocycles. The average molecular weight is 996 g/mol. The fourth-order valence-corrected chi connectivity index (χ4v) is 19.1. The number of hydrazone groups is 1. The van der Waals surface area contributed by atoms with Crippen molar-refractivity contribution >= 4 is 65.0 Å². The summed E-state index contributed by atoms with van der Waals surface area (Å²) in [4.78, 5) is 26.6. The maximum Gasteiger partial charge on any atom is 0.171 e. The number of pyridine rings is 2. The van der Waals surface area contributed by atoms with Crippen LogP contribution in [0, 0.1) is 23.7 Å². The maximum absolute atomic E-state index is 14.2. The lowest BCUT2D eigenvalue weighted by Crippen LogP contribution is -2.51. The summed E-state index contributed by atoms with van der Waals surface area (Å²) in [5.74, 6) is 8.53. The van der Waals surface area contributed by atoms with Crippen LogP contribution in [0.25, 0.3) is 22.1 Å². The number of rotatable bonds is 18. The number of nitrogens with one attached hydrogen (secondary N) is 1. The number of aromatic amines is 1. The van der Waals surface area contributed by atoms with Gasteiger partial charge >= 0.3 is 0 Å². The number of Topliss-reactive ketones (excluding diaryl/α,β-unsaturated/α-hetero) is 1. The second-order valence-corrected chi connectivity index (χ2v) is 26.4. The number of carbonyl (C=O) groups excluding carboxylic acids is 1. The van der Waals surface area contributed by atoms with Crippen LogP contribution in [0.15, 0.2) is 90.6 Å². The third-order valence-corrected chi connectivity index (χ3v) is 22.7. The Balaban J connectivity index is 0.000000211. The Morgan fingerprint density at radius 1 is 0.725 bits per heavy atom. The molecule has 370 valence electrons. The first-order valence-electron chi connectivity index (χ1n) is 24.8. The zero-order chi connectivity index (χ0) is 49.6. The van der Waals surface area contributed by atoms with E-state index in [9.17, 15) is 4.79 Å². The number of nitrogens with zero attached hydrogens (tertiary/aromatic N) is 4. The molecule has 4 heterocycles. The number of benzene rings is 2. The number of aromatic nitrogens is 4. The first-order valence-corrected chi connectivity index (χ1v) is 27.7. The Kier molecular flexibility index (Phi) is 17.4. The van der Waals surface area contributed by atoms with Crippen LogP contribution in [-0.2, 0) is 22.7 Å². The quantitative estimate of drug-likeness (QED) is 0.0285. The number of methoxy groups -OCH3 is 2. The van der Waals surface area contributed by atoms with Gasteiger partial charge in [-0.3, -0.25) is 4.79 Å². The molecule has 6 atom stereocenters. The molecule has 69 heavy (non-hydrogen) atoms. The molecule has 0 spiro atoms. The van der Waals surface area contributed by atoms with Gasteiger partial charge in [0.25, 0.3) is 0 Å². The second-order valence-electron chi connectivity index (χ2n) is 19.9. The number of nitrogens with two attached hydrogens (primary N) is 1. The summed E-state index contributed by atoms with van der Waals surface area (Å²) in [6.07, 6.45) is 13.0. The minimum atomic E-state index is -2.03. The lowest BCUT2D eigenvalue weighted by atomic mass is 9.85. The third-order valence-electron chi connectivity index (χ3n) is 15.4. The van der Waals surface area contributed by atoms with Gasteiger partial charge in [0, 0.05) is 52.3 Å². The van der Waals surface area contributed by atoms with Crippen molar-refractivity contribution in [3.05, 3.63) is 118 Å². The van der Waals surface area contributed by atoms with Crippen molar-refractivity contribution in [3.8, 4) is 11.5 Å². The first kappa shape index (κ1) is 52.1. The number of carbonyl (C=O) groups is 1. The van der Waals surface area contributed by atoms with Crippen molar-refractivity contribution in [2.45, 2.75) is 136 Å². The number of H-pyrrole nitrogens is 1. The fourth-order valence-electron chi connectivity index (χ4n) is 12.1. The van der Waals surface area contributed by atoms with E-state index in [1.54, 1.807) is 26.6 Å². The average Bonchev–Trinajstić information content (AvgIpc) is 4.18. The summed E-state index contributed by atoms with van der Waals surface area (Å²) in [6, 6.07) is 20.0. The molecule has 3 N–H and O–H groups in total. The second kappa shape index (κ2) is 23.0. The Morgan fingerprint density at radius 2 is 1.23 bits per heavy atom. The van der Waals surface area contributed by atoms with E-state index in [1.807, 2.05) is 60.8 Å². The number of hydrogen-bond acceptors (Lipinski definition) is 9. The van der Waals surface area contributed by atoms with Gasteiger partial charge in [0.05, 0.1) is 55.4 Å². The zero-order valence-electron chi connectivity index (χ0n) is 42.1. The predicted octanol–water partition coefficient (Wildman–Crippen LogP) is 13.8. The van der Waals surface area contributed by atoms with Crippen molar-refractivity contribution in [1.82, 2.24) is 19.2 Å². The van der Waals surface area contributed by atoms with E-state index in [-0.39, 0.29) is 35.7 Å². The Morgan fingerprint density at radius 3 is 1.74 bits per heavy atom. The fraction of sp³-hybridized carbons (Fsp3) is 0.491. The molecule has 2 fully saturated rings. The van der Waals surface area contributed by atoms with Gasteiger partial charge in [0.2, 0.25) is 0 Å². The summed E-state index contributed by atoms with van der Waals surface area (Å²) >= 11 is 13.3. The maximum atomic E-state index is 14.2. The molecule has 4 aromatic heterocycles. The summed E-state index contributed by atoms with van der Waals surface area (Å²) in [7, 11) is 1.31. The Labute approximate surface area is 419 Å². The highest BCUT2D eigenvalue weighted by atomic mass is 35.5. The van der Waals surface area contributed by atoms with Crippen molar-refractivity contribution in [1.29, 1.82) is 0 Å². The van der Waals surface area contributed by atoms with Crippen LogP contribution in [0.3, 0.4) is 0 Å². The lowest BCUT2D eigenvalue weighted by molar-refractivity contribution is 0.0408. The SMILES string of the molecule is CCC1CC(OCc2ccc(OC)cc2)CC1C(=NN)c1c(Cl)cnc2[nH]ccc12.CCC1CC(OCc2ccc(OC)cc2)CC1C(=O)c1c(Cl)cnc2c1ccn2[Si](C(C)C)(C(C)C)C(C)C. The van der Waals surface area contributed by atoms with Crippen LogP contribution in [-0.4, -0.2) is 65.3 Å².